The molecule has 7 heteroatoms. The van der Waals surface area contributed by atoms with E-state index < -0.39 is 5.97 Å². The summed E-state index contributed by atoms with van der Waals surface area (Å²) in [7, 11) is 0. The van der Waals surface area contributed by atoms with E-state index in [-0.39, 0.29) is 24.4 Å². The van der Waals surface area contributed by atoms with Crippen molar-refractivity contribution in [2.45, 2.75) is 38.2 Å². The Labute approximate surface area is 185 Å². The number of aromatic nitrogens is 4. The van der Waals surface area contributed by atoms with Crippen LogP contribution in [0.5, 0.6) is 5.75 Å². The lowest BCUT2D eigenvalue weighted by Gasteiger charge is -2.25. The third kappa shape index (κ3) is 4.65. The number of aromatic amines is 2. The lowest BCUT2D eigenvalue weighted by atomic mass is 9.92. The number of rotatable bonds is 8. The highest BCUT2D eigenvalue weighted by Gasteiger charge is 2.24. The molecule has 3 atom stereocenters. The molecular formula is C25H24N4O3. The molecule has 162 valence electrons. The van der Waals surface area contributed by atoms with Gasteiger partial charge in [0, 0.05) is 17.5 Å². The van der Waals surface area contributed by atoms with Crippen molar-refractivity contribution < 1.29 is 14.6 Å². The van der Waals surface area contributed by atoms with Gasteiger partial charge < -0.3 is 9.84 Å². The summed E-state index contributed by atoms with van der Waals surface area (Å²) in [5.74, 6) is 5.29. The molecule has 0 spiro atoms. The molecule has 7 nitrogen and oxygen atoms in total. The molecule has 4 rings (SSSR count). The summed E-state index contributed by atoms with van der Waals surface area (Å²) in [5, 5.41) is 24.3. The van der Waals surface area contributed by atoms with Gasteiger partial charge in [0.25, 0.3) is 0 Å². The van der Waals surface area contributed by atoms with Crippen LogP contribution in [-0.2, 0) is 4.79 Å². The van der Waals surface area contributed by atoms with Crippen LogP contribution in [0.3, 0.4) is 0 Å². The first-order valence-corrected chi connectivity index (χ1v) is 10.4. The van der Waals surface area contributed by atoms with E-state index in [4.69, 9.17) is 4.74 Å². The summed E-state index contributed by atoms with van der Waals surface area (Å²) in [4.78, 5) is 11.2. The monoisotopic (exact) mass is 428 g/mol. The van der Waals surface area contributed by atoms with Crippen molar-refractivity contribution in [3.05, 3.63) is 77.7 Å². The third-order valence-corrected chi connectivity index (χ3v) is 5.54. The zero-order valence-corrected chi connectivity index (χ0v) is 17.9. The Kier molecular flexibility index (Phi) is 6.22. The fraction of sp³-hybridized carbons (Fsp3) is 0.240. The number of benzene rings is 2. The second-order valence-electron chi connectivity index (χ2n) is 7.69. The number of fused-ring (bicyclic) bond motifs is 1. The molecule has 0 saturated heterocycles. The number of H-pyrrole nitrogens is 2. The summed E-state index contributed by atoms with van der Waals surface area (Å²) in [6.45, 7) is 3.81. The summed E-state index contributed by atoms with van der Waals surface area (Å²) in [6, 6.07) is 13.6. The predicted molar refractivity (Wildman–Crippen MR) is 121 cm³/mol. The lowest BCUT2D eigenvalue weighted by Crippen LogP contribution is -2.15. The number of hydrogen-bond donors (Lipinski definition) is 3. The lowest BCUT2D eigenvalue weighted by molar-refractivity contribution is -0.137. The van der Waals surface area contributed by atoms with Crippen LogP contribution in [0.2, 0.25) is 0 Å². The molecule has 0 aliphatic carbocycles. The van der Waals surface area contributed by atoms with Crippen molar-refractivity contribution >= 4 is 16.9 Å². The summed E-state index contributed by atoms with van der Waals surface area (Å²) < 4.78 is 6.46. The normalized spacial score (nSPS) is 13.7. The first-order valence-electron chi connectivity index (χ1n) is 10.4. The number of nitrogens with zero attached hydrogens (tertiary/aromatic N) is 2. The molecular weight excluding hydrogens is 404 g/mol. The van der Waals surface area contributed by atoms with E-state index in [9.17, 15) is 9.90 Å². The number of carboxylic acids is 1. The zero-order valence-electron chi connectivity index (χ0n) is 17.9. The smallest absolute Gasteiger partial charge is 0.304 e. The first kappa shape index (κ1) is 21.2. The highest BCUT2D eigenvalue weighted by Crippen LogP contribution is 2.36. The Bertz CT molecular complexity index is 1250. The zero-order chi connectivity index (χ0) is 22.5. The van der Waals surface area contributed by atoms with Crippen LogP contribution < -0.4 is 4.74 Å². The van der Waals surface area contributed by atoms with Gasteiger partial charge in [-0.2, -0.15) is 10.2 Å². The number of hydrogen-bond acceptors (Lipinski definition) is 4. The van der Waals surface area contributed by atoms with Crippen LogP contribution in [-0.4, -0.2) is 31.5 Å². The average molecular weight is 428 g/mol. The second-order valence-corrected chi connectivity index (χ2v) is 7.69. The molecule has 0 fully saturated rings. The van der Waals surface area contributed by atoms with Gasteiger partial charge in [-0.3, -0.25) is 15.0 Å². The van der Waals surface area contributed by atoms with Gasteiger partial charge in [-0.1, -0.05) is 37.1 Å². The fourth-order valence-corrected chi connectivity index (χ4v) is 3.80. The minimum absolute atomic E-state index is 0.0273. The number of nitrogens with one attached hydrogen (secondary N) is 2. The highest BCUT2D eigenvalue weighted by molar-refractivity contribution is 5.78. The van der Waals surface area contributed by atoms with Crippen LogP contribution in [0.1, 0.15) is 54.9 Å². The number of ether oxygens (including phenoxy) is 1. The maximum Gasteiger partial charge on any atom is 0.304 e. The Morgan fingerprint density at radius 3 is 2.56 bits per heavy atom. The van der Waals surface area contributed by atoms with Crippen molar-refractivity contribution in [1.82, 2.24) is 20.4 Å². The molecule has 0 amide bonds. The largest absolute Gasteiger partial charge is 0.485 e. The average Bonchev–Trinajstić information content (AvgIpc) is 3.48. The van der Waals surface area contributed by atoms with E-state index >= 15 is 0 Å². The minimum atomic E-state index is -0.874. The molecule has 0 aliphatic heterocycles. The van der Waals surface area contributed by atoms with Crippen molar-refractivity contribution in [3.8, 4) is 17.6 Å². The van der Waals surface area contributed by atoms with Gasteiger partial charge in [-0.05, 0) is 41.8 Å². The number of carbonyl (C=O) groups is 1. The maximum atomic E-state index is 11.2. The maximum absolute atomic E-state index is 11.2. The number of carboxylic acid groups (broad SMARTS) is 1. The Morgan fingerprint density at radius 1 is 1.09 bits per heavy atom. The molecule has 0 saturated carbocycles. The predicted octanol–water partition coefficient (Wildman–Crippen LogP) is 4.79. The molecule has 32 heavy (non-hydrogen) atoms. The van der Waals surface area contributed by atoms with Gasteiger partial charge in [-0.15, -0.1) is 5.92 Å². The van der Waals surface area contributed by atoms with Crippen LogP contribution in [0.25, 0.3) is 10.9 Å². The van der Waals surface area contributed by atoms with Crippen molar-refractivity contribution in [2.24, 2.45) is 0 Å². The van der Waals surface area contributed by atoms with Gasteiger partial charge >= 0.3 is 5.97 Å². The standard InChI is InChI=1S/C25H24N4O3/c1-3-4-18(12-24(30)31)17-7-9-22(10-8-17)32-25(16(2)21-14-26-27-15-21)19-5-6-20-13-28-29-23(20)11-19/h5-11,13-16,18,25H,12H2,1-2H3,(H,26,27)(H,28,29)(H,30,31)/t16?,18?,25-/m0/s1. The quantitative estimate of drug-likeness (QED) is 0.350. The van der Waals surface area contributed by atoms with Gasteiger partial charge in [0.1, 0.15) is 11.9 Å². The fourth-order valence-electron chi connectivity index (χ4n) is 3.80. The minimum Gasteiger partial charge on any atom is -0.485 e. The molecule has 2 aromatic carbocycles. The number of aliphatic carboxylic acids is 1. The van der Waals surface area contributed by atoms with E-state index in [0.29, 0.717) is 5.75 Å². The van der Waals surface area contributed by atoms with Crippen LogP contribution >= 0.6 is 0 Å². The molecule has 0 aliphatic rings. The SMILES string of the molecule is CC#CC(CC(=O)O)c1ccc(O[C@H](c2ccc3cn[nH]c3c2)C(C)c2cn[nH]c2)cc1. The van der Waals surface area contributed by atoms with Crippen LogP contribution in [0.15, 0.2) is 61.1 Å². The van der Waals surface area contributed by atoms with E-state index in [1.54, 1.807) is 19.3 Å². The Hall–Kier alpha value is -4.05. The summed E-state index contributed by atoms with van der Waals surface area (Å²) in [5.41, 5.74) is 3.85. The molecule has 3 N–H and O–H groups in total. The first-order chi connectivity index (χ1) is 15.5. The van der Waals surface area contributed by atoms with Gasteiger partial charge in [0.05, 0.1) is 30.2 Å². The molecule has 0 radical (unpaired) electrons. The highest BCUT2D eigenvalue weighted by atomic mass is 16.5. The van der Waals surface area contributed by atoms with Gasteiger partial charge in [-0.25, -0.2) is 0 Å². The van der Waals surface area contributed by atoms with E-state index in [0.717, 1.165) is 27.6 Å². The van der Waals surface area contributed by atoms with Crippen molar-refractivity contribution in [1.29, 1.82) is 0 Å². The van der Waals surface area contributed by atoms with E-state index in [1.807, 2.05) is 42.6 Å². The van der Waals surface area contributed by atoms with E-state index in [2.05, 4.69) is 45.2 Å². The Balaban J connectivity index is 1.63. The molecule has 2 unspecified atom stereocenters. The molecule has 0 bridgehead atoms. The molecule has 4 aromatic rings. The molecule has 2 aromatic heterocycles. The van der Waals surface area contributed by atoms with E-state index in [1.165, 1.54) is 0 Å². The van der Waals surface area contributed by atoms with Gasteiger partial charge in [0.2, 0.25) is 0 Å². The molecule has 2 heterocycles. The third-order valence-electron chi connectivity index (χ3n) is 5.54. The van der Waals surface area contributed by atoms with Gasteiger partial charge in [0.15, 0.2) is 0 Å². The summed E-state index contributed by atoms with van der Waals surface area (Å²) in [6.07, 6.45) is 5.17. The topological polar surface area (TPSA) is 104 Å². The van der Waals surface area contributed by atoms with Crippen LogP contribution in [0, 0.1) is 11.8 Å². The van der Waals surface area contributed by atoms with Crippen LogP contribution in [0.4, 0.5) is 0 Å². The Morgan fingerprint density at radius 2 is 1.88 bits per heavy atom. The van der Waals surface area contributed by atoms with Crippen molar-refractivity contribution in [3.63, 3.8) is 0 Å². The summed E-state index contributed by atoms with van der Waals surface area (Å²) >= 11 is 0. The second kappa shape index (κ2) is 9.40. The van der Waals surface area contributed by atoms with Crippen molar-refractivity contribution in [2.75, 3.05) is 0 Å².